The number of carbonyl (C=O) groups excluding carboxylic acids is 1. The number of hydrogen-bond donors (Lipinski definition) is 2. The molecule has 80 valence electrons. The molecule has 2 N–H and O–H groups in total. The quantitative estimate of drug-likeness (QED) is 0.704. The highest BCUT2D eigenvalue weighted by molar-refractivity contribution is 6.04. The standard InChI is InChI=1S/C9H10N2O4/c1-4-8(12)10-6-5(15-4)3-11(2)7(6)9(13)14/h3-4H,1-2H3,(H,10,12)(H,13,14). The number of anilines is 1. The van der Waals surface area contributed by atoms with Crippen LogP contribution in [0.2, 0.25) is 0 Å². The molecule has 6 nitrogen and oxygen atoms in total. The first-order valence-corrected chi connectivity index (χ1v) is 4.41. The number of ether oxygens (including phenoxy) is 1. The van der Waals surface area contributed by atoms with Crippen molar-refractivity contribution in [1.82, 2.24) is 4.57 Å². The van der Waals surface area contributed by atoms with Crippen LogP contribution >= 0.6 is 0 Å². The summed E-state index contributed by atoms with van der Waals surface area (Å²) in [5.74, 6) is -1.05. The van der Waals surface area contributed by atoms with E-state index in [0.29, 0.717) is 5.75 Å². The van der Waals surface area contributed by atoms with E-state index in [1.165, 1.54) is 10.8 Å². The summed E-state index contributed by atoms with van der Waals surface area (Å²) in [5.41, 5.74) is 0.248. The summed E-state index contributed by atoms with van der Waals surface area (Å²) in [4.78, 5) is 22.2. The van der Waals surface area contributed by atoms with Gasteiger partial charge in [-0.1, -0.05) is 0 Å². The molecule has 0 radical (unpaired) electrons. The van der Waals surface area contributed by atoms with Gasteiger partial charge in [-0.25, -0.2) is 4.79 Å². The van der Waals surface area contributed by atoms with Crippen LogP contribution in [0.4, 0.5) is 5.69 Å². The first-order chi connectivity index (χ1) is 7.00. The number of amides is 1. The Morgan fingerprint density at radius 1 is 1.67 bits per heavy atom. The molecule has 2 heterocycles. The van der Waals surface area contributed by atoms with E-state index in [2.05, 4.69) is 5.32 Å². The molecule has 0 aromatic carbocycles. The van der Waals surface area contributed by atoms with Crippen molar-refractivity contribution < 1.29 is 19.4 Å². The van der Waals surface area contributed by atoms with Crippen molar-refractivity contribution in [1.29, 1.82) is 0 Å². The lowest BCUT2D eigenvalue weighted by Crippen LogP contribution is -2.34. The Labute approximate surface area is 85.5 Å². The van der Waals surface area contributed by atoms with Crippen LogP contribution < -0.4 is 10.1 Å². The first kappa shape index (κ1) is 9.57. The minimum Gasteiger partial charge on any atom is -0.477 e. The molecule has 0 aliphatic carbocycles. The van der Waals surface area contributed by atoms with Gasteiger partial charge in [0.15, 0.2) is 17.5 Å². The molecule has 0 saturated heterocycles. The Kier molecular flexibility index (Phi) is 1.92. The highest BCUT2D eigenvalue weighted by Crippen LogP contribution is 2.34. The maximum absolute atomic E-state index is 11.3. The number of carbonyl (C=O) groups is 2. The number of hydrogen-bond acceptors (Lipinski definition) is 3. The minimum absolute atomic E-state index is 0.0188. The largest absolute Gasteiger partial charge is 0.477 e. The number of rotatable bonds is 1. The Balaban J connectivity index is 2.54. The van der Waals surface area contributed by atoms with E-state index in [4.69, 9.17) is 9.84 Å². The van der Waals surface area contributed by atoms with Gasteiger partial charge in [0, 0.05) is 13.2 Å². The Morgan fingerprint density at radius 2 is 2.33 bits per heavy atom. The fourth-order valence-electron chi connectivity index (χ4n) is 1.53. The fraction of sp³-hybridized carbons (Fsp3) is 0.333. The fourth-order valence-corrected chi connectivity index (χ4v) is 1.53. The summed E-state index contributed by atoms with van der Waals surface area (Å²) >= 11 is 0. The lowest BCUT2D eigenvalue weighted by atomic mass is 10.2. The molecule has 1 amide bonds. The molecule has 1 aliphatic rings. The van der Waals surface area contributed by atoms with E-state index in [1.807, 2.05) is 0 Å². The van der Waals surface area contributed by atoms with Crippen molar-refractivity contribution in [2.24, 2.45) is 7.05 Å². The topological polar surface area (TPSA) is 80.6 Å². The third-order valence-corrected chi connectivity index (χ3v) is 2.27. The van der Waals surface area contributed by atoms with E-state index in [9.17, 15) is 9.59 Å². The van der Waals surface area contributed by atoms with Crippen LogP contribution in [0.1, 0.15) is 17.4 Å². The average molecular weight is 210 g/mol. The lowest BCUT2D eigenvalue weighted by Gasteiger charge is -2.20. The number of carboxylic acid groups (broad SMARTS) is 1. The van der Waals surface area contributed by atoms with Crippen molar-refractivity contribution >= 4 is 17.6 Å². The Morgan fingerprint density at radius 3 is 2.93 bits per heavy atom. The molecule has 1 aromatic rings. The molecule has 0 spiro atoms. The number of nitrogens with one attached hydrogen (secondary N) is 1. The lowest BCUT2D eigenvalue weighted by molar-refractivity contribution is -0.122. The molecule has 1 aromatic heterocycles. The zero-order chi connectivity index (χ0) is 11.2. The minimum atomic E-state index is -1.10. The molecule has 0 fully saturated rings. The second-order valence-corrected chi connectivity index (χ2v) is 3.38. The summed E-state index contributed by atoms with van der Waals surface area (Å²) in [6.07, 6.45) is 0.941. The van der Waals surface area contributed by atoms with Crippen molar-refractivity contribution in [2.45, 2.75) is 13.0 Å². The third-order valence-electron chi connectivity index (χ3n) is 2.27. The molecule has 2 rings (SSSR count). The summed E-state index contributed by atoms with van der Waals surface area (Å²) in [6.45, 7) is 1.60. The number of carboxylic acids is 1. The monoisotopic (exact) mass is 210 g/mol. The van der Waals surface area contributed by atoms with E-state index in [0.717, 1.165) is 0 Å². The Hall–Kier alpha value is -1.98. The number of aromatic nitrogens is 1. The maximum atomic E-state index is 11.3. The van der Waals surface area contributed by atoms with Crippen LogP contribution in [0.15, 0.2) is 6.20 Å². The number of aromatic carboxylic acids is 1. The molecule has 0 saturated carbocycles. The molecule has 0 bridgehead atoms. The predicted octanol–water partition coefficient (Wildman–Crippen LogP) is 0.443. The molecular weight excluding hydrogens is 200 g/mol. The summed E-state index contributed by atoms with van der Waals surface area (Å²) < 4.78 is 6.67. The van der Waals surface area contributed by atoms with Gasteiger partial charge in [-0.15, -0.1) is 0 Å². The summed E-state index contributed by atoms with van der Waals surface area (Å²) in [7, 11) is 1.59. The van der Waals surface area contributed by atoms with Gasteiger partial charge < -0.3 is 19.7 Å². The third kappa shape index (κ3) is 1.34. The maximum Gasteiger partial charge on any atom is 0.354 e. The van der Waals surface area contributed by atoms with Crippen molar-refractivity contribution in [2.75, 3.05) is 5.32 Å². The molecule has 15 heavy (non-hydrogen) atoms. The van der Waals surface area contributed by atoms with Crippen LogP contribution in [-0.4, -0.2) is 27.7 Å². The van der Waals surface area contributed by atoms with E-state index in [-0.39, 0.29) is 17.3 Å². The number of nitrogens with zero attached hydrogens (tertiary/aromatic N) is 1. The number of aryl methyl sites for hydroxylation is 1. The van der Waals surface area contributed by atoms with Gasteiger partial charge >= 0.3 is 5.97 Å². The summed E-state index contributed by atoms with van der Waals surface area (Å²) in [5, 5.41) is 11.4. The van der Waals surface area contributed by atoms with Gasteiger partial charge in [-0.3, -0.25) is 4.79 Å². The van der Waals surface area contributed by atoms with E-state index in [1.54, 1.807) is 14.0 Å². The average Bonchev–Trinajstić information content (AvgIpc) is 2.41. The zero-order valence-corrected chi connectivity index (χ0v) is 8.27. The van der Waals surface area contributed by atoms with Crippen LogP contribution in [0.3, 0.4) is 0 Å². The molecule has 1 atom stereocenters. The highest BCUT2D eigenvalue weighted by Gasteiger charge is 2.30. The van der Waals surface area contributed by atoms with Crippen LogP contribution in [-0.2, 0) is 11.8 Å². The molecule has 1 unspecified atom stereocenters. The van der Waals surface area contributed by atoms with Crippen LogP contribution in [0.5, 0.6) is 5.75 Å². The van der Waals surface area contributed by atoms with E-state index >= 15 is 0 Å². The zero-order valence-electron chi connectivity index (χ0n) is 8.27. The molecular formula is C9H10N2O4. The van der Waals surface area contributed by atoms with Gasteiger partial charge in [-0.2, -0.15) is 0 Å². The SMILES string of the molecule is CC1Oc2cn(C)c(C(=O)O)c2NC1=O. The van der Waals surface area contributed by atoms with Gasteiger partial charge in [0.05, 0.1) is 0 Å². The smallest absolute Gasteiger partial charge is 0.354 e. The van der Waals surface area contributed by atoms with Crippen molar-refractivity contribution in [3.8, 4) is 5.75 Å². The van der Waals surface area contributed by atoms with E-state index < -0.39 is 12.1 Å². The molecule has 1 aliphatic heterocycles. The second-order valence-electron chi connectivity index (χ2n) is 3.38. The predicted molar refractivity (Wildman–Crippen MR) is 51.1 cm³/mol. The van der Waals surface area contributed by atoms with Gasteiger partial charge in [0.2, 0.25) is 0 Å². The van der Waals surface area contributed by atoms with Crippen molar-refractivity contribution in [3.05, 3.63) is 11.9 Å². The van der Waals surface area contributed by atoms with Gasteiger partial charge in [-0.05, 0) is 6.92 Å². The summed E-state index contributed by atoms with van der Waals surface area (Å²) in [6, 6.07) is 0. The van der Waals surface area contributed by atoms with Crippen molar-refractivity contribution in [3.63, 3.8) is 0 Å². The Bertz CT molecular complexity index is 449. The van der Waals surface area contributed by atoms with Gasteiger partial charge in [0.1, 0.15) is 5.69 Å². The number of fused-ring (bicyclic) bond motifs is 1. The highest BCUT2D eigenvalue weighted by atomic mass is 16.5. The van der Waals surface area contributed by atoms with Gasteiger partial charge in [0.25, 0.3) is 5.91 Å². The normalized spacial score (nSPS) is 19.1. The molecule has 6 heteroatoms. The second kappa shape index (κ2) is 3.01. The first-order valence-electron chi connectivity index (χ1n) is 4.41. The van der Waals surface area contributed by atoms with Crippen LogP contribution in [0.25, 0.3) is 0 Å². The van der Waals surface area contributed by atoms with Crippen LogP contribution in [0, 0.1) is 0 Å².